The first-order valence-corrected chi connectivity index (χ1v) is 13.1. The van der Waals surface area contributed by atoms with Crippen molar-refractivity contribution < 1.29 is 35.5 Å². The number of anilines is 2. The number of alkyl halides is 8. The average molecular weight is 641 g/mol. The molecule has 218 valence electrons. The molecule has 0 saturated carbocycles. The van der Waals surface area contributed by atoms with E-state index < -0.39 is 47.0 Å². The summed E-state index contributed by atoms with van der Waals surface area (Å²) in [4.78, 5) is 12.9. The molecule has 0 saturated heterocycles. The van der Waals surface area contributed by atoms with Crippen LogP contribution in [0.3, 0.4) is 0 Å². The molecular weight excluding hydrogens is 622 g/mol. The van der Waals surface area contributed by atoms with Gasteiger partial charge in [-0.25, -0.2) is 4.39 Å². The van der Waals surface area contributed by atoms with Crippen molar-refractivity contribution in [3.05, 3.63) is 93.3 Å². The van der Waals surface area contributed by atoms with Gasteiger partial charge in [0.2, 0.25) is 0 Å². The molecule has 0 heterocycles. The van der Waals surface area contributed by atoms with Gasteiger partial charge >= 0.3 is 12.4 Å². The molecule has 3 aromatic carbocycles. The molecule has 0 aliphatic carbocycles. The zero-order valence-corrected chi connectivity index (χ0v) is 22.9. The van der Waals surface area contributed by atoms with Crippen LogP contribution in [-0.2, 0) is 12.4 Å². The van der Waals surface area contributed by atoms with E-state index in [2.05, 4.69) is 10.6 Å². The van der Waals surface area contributed by atoms with Gasteiger partial charge < -0.3 is 10.6 Å². The second kappa shape index (κ2) is 13.2. The minimum absolute atomic E-state index is 0.0323. The number of benzene rings is 3. The summed E-state index contributed by atoms with van der Waals surface area (Å²) in [5, 5.41) is 14.7. The van der Waals surface area contributed by atoms with Crippen molar-refractivity contribution in [2.75, 3.05) is 28.9 Å². The van der Waals surface area contributed by atoms with E-state index in [1.165, 1.54) is 24.3 Å². The number of nitrogens with one attached hydrogen (secondary N) is 2. The topological polar surface area (TPSA) is 64.9 Å². The molecule has 3 rings (SSSR count). The molecule has 0 aliphatic rings. The smallest absolute Gasteiger partial charge is 0.385 e. The van der Waals surface area contributed by atoms with Gasteiger partial charge in [-0.2, -0.15) is 31.6 Å². The minimum Gasteiger partial charge on any atom is -0.385 e. The van der Waals surface area contributed by atoms with Gasteiger partial charge in [0, 0.05) is 29.9 Å². The normalized spacial score (nSPS) is 13.3. The predicted molar refractivity (Wildman–Crippen MR) is 143 cm³/mol. The van der Waals surface area contributed by atoms with Crippen molar-refractivity contribution in [2.45, 2.75) is 18.3 Å². The average Bonchev–Trinajstić information content (AvgIpc) is 2.91. The fourth-order valence-corrected chi connectivity index (χ4v) is 4.91. The van der Waals surface area contributed by atoms with Gasteiger partial charge in [0.15, 0.2) is 0 Å². The Labute approximate surface area is 245 Å². The Kier molecular flexibility index (Phi) is 10.4. The summed E-state index contributed by atoms with van der Waals surface area (Å²) < 4.78 is 93.7. The largest absolute Gasteiger partial charge is 0.416 e. The third kappa shape index (κ3) is 8.18. The molecule has 0 spiro atoms. The van der Waals surface area contributed by atoms with Crippen LogP contribution in [0.25, 0.3) is 0 Å². The molecule has 0 aromatic heterocycles. The molecule has 1 amide bonds. The molecule has 2 atom stereocenters. The van der Waals surface area contributed by atoms with Crippen molar-refractivity contribution in [2.24, 2.45) is 5.92 Å². The Hall–Kier alpha value is -3.20. The summed E-state index contributed by atoms with van der Waals surface area (Å²) in [6.07, 6.45) is -10.0. The van der Waals surface area contributed by atoms with E-state index in [0.29, 0.717) is 17.8 Å². The highest BCUT2D eigenvalue weighted by atomic mass is 35.5. The lowest BCUT2D eigenvalue weighted by Crippen LogP contribution is -2.25. The van der Waals surface area contributed by atoms with Crippen LogP contribution >= 0.6 is 34.8 Å². The third-order valence-corrected chi connectivity index (χ3v) is 7.16. The highest BCUT2D eigenvalue weighted by Crippen LogP contribution is 2.39. The maximum Gasteiger partial charge on any atom is 0.416 e. The van der Waals surface area contributed by atoms with E-state index in [1.807, 2.05) is 0 Å². The number of hydrogen-bond donors (Lipinski definition) is 2. The van der Waals surface area contributed by atoms with E-state index in [9.17, 15) is 40.8 Å². The zero-order valence-electron chi connectivity index (χ0n) is 20.6. The summed E-state index contributed by atoms with van der Waals surface area (Å²) >= 11 is 18.3. The zero-order chi connectivity index (χ0) is 30.5. The van der Waals surface area contributed by atoms with Gasteiger partial charge in [-0.15, -0.1) is 23.2 Å². The molecular formula is C27H19Cl3F7N3O. The maximum atomic E-state index is 13.4. The van der Waals surface area contributed by atoms with Gasteiger partial charge in [-0.05, 0) is 66.1 Å². The van der Waals surface area contributed by atoms with Crippen LogP contribution in [0.1, 0.15) is 38.5 Å². The molecule has 2 N–H and O–H groups in total. The SMILES string of the molecule is N#Cc1cc(F)ccc1NC(=O)c1cc(NCC(CCl)C(CCl)c2cc(C(F)(F)F)cc(C(F)(F)F)c2)ccc1Cl. The number of nitriles is 1. The third-order valence-electron chi connectivity index (χ3n) is 6.10. The number of halogens is 10. The minimum atomic E-state index is -5.02. The van der Waals surface area contributed by atoms with Crippen molar-refractivity contribution in [3.63, 3.8) is 0 Å². The second-order valence-corrected chi connectivity index (χ2v) is 9.87. The van der Waals surface area contributed by atoms with Gasteiger partial charge in [0.1, 0.15) is 11.9 Å². The second-order valence-electron chi connectivity index (χ2n) is 8.85. The summed E-state index contributed by atoms with van der Waals surface area (Å²) in [5.41, 5.74) is -3.00. The summed E-state index contributed by atoms with van der Waals surface area (Å²) in [5.74, 6) is -3.63. The summed E-state index contributed by atoms with van der Waals surface area (Å²) in [6.45, 7) is -0.0439. The summed E-state index contributed by atoms with van der Waals surface area (Å²) in [7, 11) is 0. The fourth-order valence-electron chi connectivity index (χ4n) is 3.95. The predicted octanol–water partition coefficient (Wildman–Crippen LogP) is 8.93. The Morgan fingerprint density at radius 3 is 2.07 bits per heavy atom. The van der Waals surface area contributed by atoms with Crippen LogP contribution in [-0.4, -0.2) is 24.2 Å². The van der Waals surface area contributed by atoms with E-state index in [1.54, 1.807) is 6.07 Å². The molecule has 0 aliphatic heterocycles. The lowest BCUT2D eigenvalue weighted by molar-refractivity contribution is -0.143. The number of carbonyl (C=O) groups is 1. The molecule has 0 fully saturated rings. The number of carbonyl (C=O) groups excluding carboxylic acids is 1. The first-order valence-electron chi connectivity index (χ1n) is 11.6. The molecule has 4 nitrogen and oxygen atoms in total. The first kappa shape index (κ1) is 32.3. The first-order chi connectivity index (χ1) is 19.2. The van der Waals surface area contributed by atoms with Crippen molar-refractivity contribution >= 4 is 52.1 Å². The van der Waals surface area contributed by atoms with E-state index in [-0.39, 0.29) is 51.8 Å². The highest BCUT2D eigenvalue weighted by Gasteiger charge is 2.38. The Morgan fingerprint density at radius 2 is 1.54 bits per heavy atom. The quantitative estimate of drug-likeness (QED) is 0.181. The van der Waals surface area contributed by atoms with Crippen LogP contribution < -0.4 is 10.6 Å². The molecule has 41 heavy (non-hydrogen) atoms. The molecule has 3 aromatic rings. The van der Waals surface area contributed by atoms with Gasteiger partial charge in [0.25, 0.3) is 5.91 Å². The van der Waals surface area contributed by atoms with Crippen LogP contribution in [0.4, 0.5) is 42.1 Å². The lowest BCUT2D eigenvalue weighted by atomic mass is 9.86. The lowest BCUT2D eigenvalue weighted by Gasteiger charge is -2.26. The van der Waals surface area contributed by atoms with E-state index in [0.717, 1.165) is 12.1 Å². The number of hydrogen-bond acceptors (Lipinski definition) is 3. The van der Waals surface area contributed by atoms with E-state index >= 15 is 0 Å². The summed E-state index contributed by atoms with van der Waals surface area (Å²) in [6, 6.07) is 10.5. The fraction of sp³-hybridized carbons (Fsp3) is 0.259. The Morgan fingerprint density at radius 1 is 0.902 bits per heavy atom. The Balaban J connectivity index is 1.85. The van der Waals surface area contributed by atoms with Gasteiger partial charge in [-0.3, -0.25) is 4.79 Å². The number of nitrogens with zero attached hydrogens (tertiary/aromatic N) is 1. The Bertz CT molecular complexity index is 1420. The van der Waals surface area contributed by atoms with Gasteiger partial charge in [-0.1, -0.05) is 11.6 Å². The van der Waals surface area contributed by atoms with Crippen LogP contribution in [0, 0.1) is 23.1 Å². The van der Waals surface area contributed by atoms with Crippen LogP contribution in [0.15, 0.2) is 54.6 Å². The number of rotatable bonds is 9. The van der Waals surface area contributed by atoms with Crippen LogP contribution in [0.5, 0.6) is 0 Å². The number of amides is 1. The van der Waals surface area contributed by atoms with Crippen molar-refractivity contribution in [3.8, 4) is 6.07 Å². The molecule has 2 unspecified atom stereocenters. The molecule has 14 heteroatoms. The van der Waals surface area contributed by atoms with Crippen LogP contribution in [0.2, 0.25) is 5.02 Å². The molecule has 0 bridgehead atoms. The standard InChI is InChI=1S/C27H19Cl3F7N3O/c28-10-16(22(11-29)14-5-17(26(32,33)34)8-18(6-14)27(35,36)37)13-39-20-2-3-23(30)21(9-20)25(41)40-24-4-1-19(31)7-15(24)12-38/h1-9,16,22,39H,10-11,13H2,(H,40,41). The van der Waals surface area contributed by atoms with Gasteiger partial charge in [0.05, 0.1) is 33.0 Å². The van der Waals surface area contributed by atoms with Crippen molar-refractivity contribution in [1.29, 1.82) is 5.26 Å². The van der Waals surface area contributed by atoms with Crippen molar-refractivity contribution in [1.82, 2.24) is 0 Å². The highest BCUT2D eigenvalue weighted by molar-refractivity contribution is 6.34. The monoisotopic (exact) mass is 639 g/mol. The van der Waals surface area contributed by atoms with E-state index in [4.69, 9.17) is 34.8 Å². The molecule has 0 radical (unpaired) electrons. The maximum absolute atomic E-state index is 13.4.